The van der Waals surface area contributed by atoms with Crippen LogP contribution in [0.4, 0.5) is 14.5 Å². The van der Waals surface area contributed by atoms with E-state index >= 15 is 0 Å². The highest BCUT2D eigenvalue weighted by Gasteiger charge is 2.13. The molecule has 2 aromatic rings. The number of hydrogen-bond acceptors (Lipinski definition) is 1. The lowest BCUT2D eigenvalue weighted by Crippen LogP contribution is -1.97. The van der Waals surface area contributed by atoms with Gasteiger partial charge in [-0.05, 0) is 30.7 Å². The molecule has 0 fully saturated rings. The van der Waals surface area contributed by atoms with Gasteiger partial charge in [-0.25, -0.2) is 8.78 Å². The lowest BCUT2D eigenvalue weighted by atomic mass is 9.98. The quantitative estimate of drug-likeness (QED) is 0.552. The molecule has 94 valence electrons. The van der Waals surface area contributed by atoms with Crippen molar-refractivity contribution < 1.29 is 8.78 Å². The molecule has 18 heavy (non-hydrogen) atoms. The third-order valence-electron chi connectivity index (χ3n) is 2.56. The molecule has 0 aliphatic rings. The molecule has 0 heterocycles. The summed E-state index contributed by atoms with van der Waals surface area (Å²) in [7, 11) is 0. The van der Waals surface area contributed by atoms with Gasteiger partial charge >= 0.3 is 0 Å². The van der Waals surface area contributed by atoms with Crippen molar-refractivity contribution in [2.45, 2.75) is 20.8 Å². The predicted octanol–water partition coefficient (Wildman–Crippen LogP) is 4.02. The molecule has 0 atom stereocenters. The van der Waals surface area contributed by atoms with E-state index in [1.807, 2.05) is 13.8 Å². The van der Waals surface area contributed by atoms with E-state index < -0.39 is 11.6 Å². The van der Waals surface area contributed by atoms with Crippen LogP contribution in [-0.2, 0) is 0 Å². The Morgan fingerprint density at radius 2 is 1.83 bits per heavy atom. The summed E-state index contributed by atoms with van der Waals surface area (Å²) in [5.41, 5.74) is 6.28. The lowest BCUT2D eigenvalue weighted by molar-refractivity contribution is 0.624. The first-order valence-corrected chi connectivity index (χ1v) is 5.69. The molecule has 3 heteroatoms. The Labute approximate surface area is 106 Å². The highest BCUT2D eigenvalue weighted by atomic mass is 19.1. The van der Waals surface area contributed by atoms with Crippen LogP contribution in [0.5, 0.6) is 0 Å². The SMILES string of the molecule is C#Cc1c(F)ccc2c(F)c(N)cc(C)c12.CC. The summed E-state index contributed by atoms with van der Waals surface area (Å²) in [6.07, 6.45) is 5.23. The Morgan fingerprint density at radius 1 is 1.22 bits per heavy atom. The topological polar surface area (TPSA) is 26.0 Å². The van der Waals surface area contributed by atoms with Gasteiger partial charge in [-0.15, -0.1) is 6.42 Å². The Hall–Kier alpha value is -2.08. The van der Waals surface area contributed by atoms with Crippen LogP contribution in [0.2, 0.25) is 0 Å². The van der Waals surface area contributed by atoms with Crippen molar-refractivity contribution in [2.24, 2.45) is 0 Å². The molecule has 0 aliphatic carbocycles. The van der Waals surface area contributed by atoms with Crippen LogP contribution in [-0.4, -0.2) is 0 Å². The zero-order valence-electron chi connectivity index (χ0n) is 10.6. The first kappa shape index (κ1) is 14.0. The van der Waals surface area contributed by atoms with Gasteiger partial charge in [-0.2, -0.15) is 0 Å². The van der Waals surface area contributed by atoms with Gasteiger partial charge in [0.1, 0.15) is 5.82 Å². The van der Waals surface area contributed by atoms with Gasteiger partial charge in [0.05, 0.1) is 11.3 Å². The van der Waals surface area contributed by atoms with Crippen molar-refractivity contribution in [1.82, 2.24) is 0 Å². The van der Waals surface area contributed by atoms with E-state index in [0.717, 1.165) is 6.07 Å². The predicted molar refractivity (Wildman–Crippen MR) is 72.3 cm³/mol. The number of anilines is 1. The van der Waals surface area contributed by atoms with E-state index in [2.05, 4.69) is 5.92 Å². The highest BCUT2D eigenvalue weighted by molar-refractivity contribution is 5.94. The Bertz CT molecular complexity index is 625. The summed E-state index contributed by atoms with van der Waals surface area (Å²) in [5.74, 6) is 1.16. The van der Waals surface area contributed by atoms with Gasteiger partial charge < -0.3 is 5.73 Å². The van der Waals surface area contributed by atoms with Gasteiger partial charge in [0.25, 0.3) is 0 Å². The lowest BCUT2D eigenvalue weighted by Gasteiger charge is -2.09. The standard InChI is InChI=1S/C13H9F2N.C2H6/c1-3-8-10(14)5-4-9-12(8)7(2)6-11(16)13(9)15;1-2/h1,4-6H,16H2,2H3;1-2H3. The average Bonchev–Trinajstić information content (AvgIpc) is 2.38. The van der Waals surface area contributed by atoms with Crippen LogP contribution < -0.4 is 5.73 Å². The van der Waals surface area contributed by atoms with Gasteiger partial charge in [-0.1, -0.05) is 19.8 Å². The summed E-state index contributed by atoms with van der Waals surface area (Å²) in [6, 6.07) is 3.96. The van der Waals surface area contributed by atoms with E-state index in [1.165, 1.54) is 12.1 Å². The Morgan fingerprint density at radius 3 is 2.39 bits per heavy atom. The molecular formula is C15H15F2N. The summed E-state index contributed by atoms with van der Waals surface area (Å²) >= 11 is 0. The number of terminal acetylenes is 1. The van der Waals surface area contributed by atoms with E-state index in [-0.39, 0.29) is 16.6 Å². The second-order valence-corrected chi connectivity index (χ2v) is 3.59. The van der Waals surface area contributed by atoms with Crippen molar-refractivity contribution in [1.29, 1.82) is 0 Å². The molecule has 2 rings (SSSR count). The fraction of sp³-hybridized carbons (Fsp3) is 0.200. The average molecular weight is 247 g/mol. The number of rotatable bonds is 0. The molecule has 2 aromatic carbocycles. The van der Waals surface area contributed by atoms with Gasteiger partial charge in [0.15, 0.2) is 5.82 Å². The number of nitrogens with two attached hydrogens (primary N) is 1. The van der Waals surface area contributed by atoms with Gasteiger partial charge in [-0.3, -0.25) is 0 Å². The molecular weight excluding hydrogens is 232 g/mol. The van der Waals surface area contributed by atoms with Crippen LogP contribution >= 0.6 is 0 Å². The summed E-state index contributed by atoms with van der Waals surface area (Å²) in [6.45, 7) is 5.72. The Balaban J connectivity index is 0.000000771. The molecule has 1 nitrogen and oxygen atoms in total. The van der Waals surface area contributed by atoms with Crippen molar-refractivity contribution in [3.63, 3.8) is 0 Å². The normalized spacial score (nSPS) is 9.56. The Kier molecular flexibility index (Phi) is 4.28. The van der Waals surface area contributed by atoms with E-state index in [1.54, 1.807) is 6.92 Å². The highest BCUT2D eigenvalue weighted by Crippen LogP contribution is 2.30. The molecule has 0 aromatic heterocycles. The fourth-order valence-electron chi connectivity index (χ4n) is 1.84. The van der Waals surface area contributed by atoms with Crippen LogP contribution in [0.1, 0.15) is 25.0 Å². The first-order chi connectivity index (χ1) is 8.56. The van der Waals surface area contributed by atoms with Crippen LogP contribution in [0, 0.1) is 30.9 Å². The summed E-state index contributed by atoms with van der Waals surface area (Å²) in [4.78, 5) is 0. The fourth-order valence-corrected chi connectivity index (χ4v) is 1.84. The van der Waals surface area contributed by atoms with Crippen LogP contribution in [0.25, 0.3) is 10.8 Å². The monoisotopic (exact) mass is 247 g/mol. The van der Waals surface area contributed by atoms with Crippen molar-refractivity contribution in [2.75, 3.05) is 5.73 Å². The maximum absolute atomic E-state index is 13.7. The molecule has 0 spiro atoms. The molecule has 0 unspecified atom stereocenters. The molecule has 0 saturated heterocycles. The maximum Gasteiger partial charge on any atom is 0.153 e. The molecule has 0 bridgehead atoms. The number of nitrogen functional groups attached to an aromatic ring is 1. The van der Waals surface area contributed by atoms with Gasteiger partial charge in [0, 0.05) is 10.8 Å². The minimum Gasteiger partial charge on any atom is -0.396 e. The molecule has 2 N–H and O–H groups in total. The van der Waals surface area contributed by atoms with Crippen LogP contribution in [0.15, 0.2) is 18.2 Å². The van der Waals surface area contributed by atoms with Crippen molar-refractivity contribution in [3.05, 3.63) is 41.0 Å². The van der Waals surface area contributed by atoms with Crippen LogP contribution in [0.3, 0.4) is 0 Å². The largest absolute Gasteiger partial charge is 0.396 e. The molecule has 0 amide bonds. The first-order valence-electron chi connectivity index (χ1n) is 5.69. The van der Waals surface area contributed by atoms with E-state index in [4.69, 9.17) is 12.2 Å². The minimum absolute atomic E-state index is 0.0413. The zero-order chi connectivity index (χ0) is 13.9. The molecule has 0 aliphatic heterocycles. The third kappa shape index (κ3) is 2.14. The number of benzene rings is 2. The minimum atomic E-state index is -0.558. The van der Waals surface area contributed by atoms with Gasteiger partial charge in [0.2, 0.25) is 0 Å². The molecule has 0 saturated carbocycles. The summed E-state index contributed by atoms with van der Waals surface area (Å²) < 4.78 is 27.1. The third-order valence-corrected chi connectivity index (χ3v) is 2.56. The zero-order valence-corrected chi connectivity index (χ0v) is 10.6. The summed E-state index contributed by atoms with van der Waals surface area (Å²) in [5, 5.41) is 0.668. The smallest absolute Gasteiger partial charge is 0.153 e. The number of hydrogen-bond donors (Lipinski definition) is 1. The van der Waals surface area contributed by atoms with E-state index in [9.17, 15) is 8.78 Å². The second kappa shape index (κ2) is 5.50. The van der Waals surface area contributed by atoms with Crippen molar-refractivity contribution >= 4 is 16.5 Å². The maximum atomic E-state index is 13.7. The van der Waals surface area contributed by atoms with Crippen molar-refractivity contribution in [3.8, 4) is 12.3 Å². The number of fused-ring (bicyclic) bond motifs is 1. The van der Waals surface area contributed by atoms with E-state index in [0.29, 0.717) is 10.9 Å². The number of halogens is 2. The molecule has 0 radical (unpaired) electrons. The number of aryl methyl sites for hydroxylation is 1. The second-order valence-electron chi connectivity index (χ2n) is 3.59.